The van der Waals surface area contributed by atoms with Crippen LogP contribution in [0, 0.1) is 5.41 Å². The maximum absolute atomic E-state index is 3.90. The summed E-state index contributed by atoms with van der Waals surface area (Å²) in [5.74, 6) is 0. The third-order valence-corrected chi connectivity index (χ3v) is 10.4. The van der Waals surface area contributed by atoms with Crippen LogP contribution in [0.15, 0.2) is 12.2 Å². The van der Waals surface area contributed by atoms with E-state index in [9.17, 15) is 0 Å². The molecule has 272 valence electrons. The van der Waals surface area contributed by atoms with E-state index < -0.39 is 0 Å². The van der Waals surface area contributed by atoms with Gasteiger partial charge in [-0.2, -0.15) is 0 Å². The van der Waals surface area contributed by atoms with Gasteiger partial charge in [0, 0.05) is 0 Å². The summed E-state index contributed by atoms with van der Waals surface area (Å²) < 4.78 is 0. The van der Waals surface area contributed by atoms with Crippen LogP contribution in [0.5, 0.6) is 0 Å². The second-order valence-electron chi connectivity index (χ2n) is 15.4. The highest BCUT2D eigenvalue weighted by atomic mass is 14.3. The Morgan fingerprint density at radius 2 is 0.511 bits per heavy atom. The smallest absolute Gasteiger partial charge is 0.0297 e. The molecule has 0 aromatic rings. The molecule has 0 nitrogen and oxygen atoms in total. The number of hydrogen-bond donors (Lipinski definition) is 0. The summed E-state index contributed by atoms with van der Waals surface area (Å²) in [6.45, 7) is 17.7. The average molecular weight is 633 g/mol. The molecule has 0 aliphatic heterocycles. The molecule has 45 heavy (non-hydrogen) atoms. The lowest BCUT2D eigenvalue weighted by molar-refractivity contribution is 0.172. The molecule has 0 heteroatoms. The molecule has 0 aromatic carbocycles. The highest BCUT2D eigenvalue weighted by molar-refractivity contribution is 4.87. The Hall–Kier alpha value is -0.260. The van der Waals surface area contributed by atoms with Crippen molar-refractivity contribution < 1.29 is 0 Å². The van der Waals surface area contributed by atoms with E-state index in [2.05, 4.69) is 48.1 Å². The van der Waals surface area contributed by atoms with Gasteiger partial charge in [-0.15, -0.1) is 6.58 Å². The molecular formula is C45H92. The van der Waals surface area contributed by atoms with Gasteiger partial charge < -0.3 is 0 Å². The third-order valence-electron chi connectivity index (χ3n) is 10.4. The lowest BCUT2D eigenvalue weighted by Gasteiger charge is -2.35. The second-order valence-corrected chi connectivity index (χ2v) is 15.4. The summed E-state index contributed by atoms with van der Waals surface area (Å²) in [6.07, 6.45) is 52.2. The van der Waals surface area contributed by atoms with E-state index in [-0.39, 0.29) is 0 Å². The van der Waals surface area contributed by atoms with Crippen LogP contribution in [0.1, 0.15) is 273 Å². The fourth-order valence-electron chi connectivity index (χ4n) is 7.26. The van der Waals surface area contributed by atoms with Gasteiger partial charge >= 0.3 is 0 Å². The molecule has 0 spiro atoms. The topological polar surface area (TPSA) is 0 Å². The fourth-order valence-corrected chi connectivity index (χ4v) is 7.26. The highest BCUT2D eigenvalue weighted by Gasteiger charge is 2.28. The quantitative estimate of drug-likeness (QED) is 0.0476. The number of unbranched alkanes of at least 4 members (excludes halogenated alkanes) is 26. The summed E-state index contributed by atoms with van der Waals surface area (Å²) in [4.78, 5) is 0. The van der Waals surface area contributed by atoms with E-state index >= 15 is 0 Å². The molecule has 0 heterocycles. The minimum Gasteiger partial charge on any atom is -0.100 e. The van der Waals surface area contributed by atoms with Crippen molar-refractivity contribution in [2.24, 2.45) is 5.41 Å². The Morgan fingerprint density at radius 1 is 0.311 bits per heavy atom. The highest BCUT2D eigenvalue weighted by Crippen LogP contribution is 2.42. The Balaban J connectivity index is 0. The van der Waals surface area contributed by atoms with Crippen molar-refractivity contribution in [3.63, 3.8) is 0 Å². The minimum atomic E-state index is 0.688. The zero-order valence-electron chi connectivity index (χ0n) is 33.2. The molecule has 0 saturated heterocycles. The van der Waals surface area contributed by atoms with E-state index in [1.807, 2.05) is 0 Å². The van der Waals surface area contributed by atoms with Crippen molar-refractivity contribution in [2.45, 2.75) is 273 Å². The minimum absolute atomic E-state index is 0.688. The molecule has 0 unspecified atom stereocenters. The molecule has 0 saturated carbocycles. The van der Waals surface area contributed by atoms with Crippen molar-refractivity contribution in [3.05, 3.63) is 12.2 Å². The predicted octanol–water partition coefficient (Wildman–Crippen LogP) is 17.7. The van der Waals surface area contributed by atoms with Crippen LogP contribution in [-0.2, 0) is 0 Å². The van der Waals surface area contributed by atoms with Gasteiger partial charge in [-0.1, -0.05) is 233 Å². The van der Waals surface area contributed by atoms with Crippen molar-refractivity contribution in [3.8, 4) is 0 Å². The summed E-state index contributed by atoms with van der Waals surface area (Å²) in [5.41, 5.74) is 2.02. The lowest BCUT2D eigenvalue weighted by Crippen LogP contribution is -2.21. The van der Waals surface area contributed by atoms with Crippen LogP contribution in [0.25, 0.3) is 0 Å². The largest absolute Gasteiger partial charge is 0.100 e. The predicted molar refractivity (Wildman–Crippen MR) is 212 cm³/mol. The van der Waals surface area contributed by atoms with E-state index in [0.29, 0.717) is 5.41 Å². The van der Waals surface area contributed by atoms with E-state index in [1.165, 1.54) is 237 Å². The first-order chi connectivity index (χ1) is 22.0. The molecule has 0 rings (SSSR count). The molecule has 0 bridgehead atoms. The molecule has 0 amide bonds. The van der Waals surface area contributed by atoms with Crippen molar-refractivity contribution in [1.29, 1.82) is 0 Å². The third kappa shape index (κ3) is 38.1. The Morgan fingerprint density at radius 3 is 0.756 bits per heavy atom. The Labute approximate surface area is 289 Å². The van der Waals surface area contributed by atoms with Crippen LogP contribution in [-0.4, -0.2) is 0 Å². The fraction of sp³-hybridized carbons (Fsp3) is 0.956. The van der Waals surface area contributed by atoms with Gasteiger partial charge in [-0.25, -0.2) is 0 Å². The van der Waals surface area contributed by atoms with E-state index in [4.69, 9.17) is 0 Å². The zero-order valence-corrected chi connectivity index (χ0v) is 33.2. The van der Waals surface area contributed by atoms with Gasteiger partial charge in [0.05, 0.1) is 0 Å². The van der Waals surface area contributed by atoms with Gasteiger partial charge in [0.2, 0.25) is 0 Å². The standard InChI is InChI=1S/C33H68.C12H24/c1-5-9-13-17-18-19-20-21-22-23-24-28-32-33(29-25-14-10-6-2,30-26-15-11-7-3)31-27-16-12-8-4;1-4-5-6-7-8-9-10-11-12(2)3/h5-32H2,1-4H3;2,4-11H2,1,3H3. The first-order valence-electron chi connectivity index (χ1n) is 21.7. The Bertz CT molecular complexity index is 499. The van der Waals surface area contributed by atoms with E-state index in [0.717, 1.165) is 0 Å². The molecule has 0 radical (unpaired) electrons. The molecule has 0 N–H and O–H groups in total. The molecule has 0 aliphatic rings. The van der Waals surface area contributed by atoms with Gasteiger partial charge in [-0.3, -0.25) is 0 Å². The summed E-state index contributed by atoms with van der Waals surface area (Å²) in [6, 6.07) is 0. The normalized spacial score (nSPS) is 11.5. The maximum atomic E-state index is 3.90. The maximum Gasteiger partial charge on any atom is -0.0297 e. The molecule has 0 aromatic heterocycles. The summed E-state index contributed by atoms with van der Waals surface area (Å²) in [5, 5.41) is 0. The van der Waals surface area contributed by atoms with Crippen LogP contribution >= 0.6 is 0 Å². The van der Waals surface area contributed by atoms with Crippen LogP contribution in [0.4, 0.5) is 0 Å². The van der Waals surface area contributed by atoms with Crippen LogP contribution in [0.2, 0.25) is 0 Å². The van der Waals surface area contributed by atoms with Crippen LogP contribution < -0.4 is 0 Å². The Kier molecular flexibility index (Phi) is 41.6. The SMILES string of the molecule is C=C(C)CCCCCCCCC.CCCCCCCCCCCCCCC(CCCCCC)(CCCCCC)CCCCCC. The van der Waals surface area contributed by atoms with Gasteiger partial charge in [0.25, 0.3) is 0 Å². The molecule has 0 atom stereocenters. The summed E-state index contributed by atoms with van der Waals surface area (Å²) >= 11 is 0. The van der Waals surface area contributed by atoms with Crippen molar-refractivity contribution in [1.82, 2.24) is 0 Å². The first-order valence-corrected chi connectivity index (χ1v) is 21.7. The van der Waals surface area contributed by atoms with E-state index in [1.54, 1.807) is 0 Å². The van der Waals surface area contributed by atoms with Crippen LogP contribution in [0.3, 0.4) is 0 Å². The molecule has 0 aliphatic carbocycles. The number of allylic oxidation sites excluding steroid dienone is 1. The van der Waals surface area contributed by atoms with Gasteiger partial charge in [0.1, 0.15) is 0 Å². The average Bonchev–Trinajstić information content (AvgIpc) is 3.03. The molecule has 0 fully saturated rings. The van der Waals surface area contributed by atoms with Crippen molar-refractivity contribution >= 4 is 0 Å². The number of rotatable bonds is 36. The zero-order chi connectivity index (χ0) is 33.5. The van der Waals surface area contributed by atoms with Crippen molar-refractivity contribution in [2.75, 3.05) is 0 Å². The first kappa shape index (κ1) is 46.9. The monoisotopic (exact) mass is 633 g/mol. The lowest BCUT2D eigenvalue weighted by atomic mass is 9.70. The van der Waals surface area contributed by atoms with Gasteiger partial charge in [0.15, 0.2) is 0 Å². The molecular weight excluding hydrogens is 540 g/mol. The number of hydrogen-bond acceptors (Lipinski definition) is 0. The second kappa shape index (κ2) is 39.9. The van der Waals surface area contributed by atoms with Gasteiger partial charge in [-0.05, 0) is 50.9 Å². The summed E-state index contributed by atoms with van der Waals surface area (Å²) in [7, 11) is 0.